The van der Waals surface area contributed by atoms with Crippen LogP contribution in [-0.4, -0.2) is 46.8 Å². The van der Waals surface area contributed by atoms with Crippen molar-refractivity contribution in [3.8, 4) is 6.07 Å². The third kappa shape index (κ3) is 5.74. The van der Waals surface area contributed by atoms with Crippen molar-refractivity contribution in [3.05, 3.63) is 53.2 Å². The summed E-state index contributed by atoms with van der Waals surface area (Å²) in [6.07, 6.45) is 0.995. The molecule has 1 aliphatic rings. The highest BCUT2D eigenvalue weighted by Gasteiger charge is 2.25. The first kappa shape index (κ1) is 21.7. The zero-order valence-corrected chi connectivity index (χ0v) is 17.9. The number of rotatable bonds is 5. The highest BCUT2D eigenvalue weighted by Crippen LogP contribution is 2.24. The fraction of sp³-hybridized carbons (Fsp3) is 0.364. The topological polar surface area (TPSA) is 95.3 Å². The minimum atomic E-state index is -0.336. The van der Waals surface area contributed by atoms with Gasteiger partial charge in [-0.1, -0.05) is 30.0 Å². The van der Waals surface area contributed by atoms with E-state index in [-0.39, 0.29) is 23.9 Å². The van der Waals surface area contributed by atoms with Crippen LogP contribution in [0.15, 0.2) is 41.4 Å². The first-order valence-corrected chi connectivity index (χ1v) is 10.8. The van der Waals surface area contributed by atoms with Crippen LogP contribution in [0.3, 0.4) is 0 Å². The number of aromatic nitrogens is 1. The Morgan fingerprint density at radius 2 is 1.97 bits per heavy atom. The summed E-state index contributed by atoms with van der Waals surface area (Å²) in [6.45, 7) is 4.78. The van der Waals surface area contributed by atoms with Crippen LogP contribution in [-0.2, 0) is 9.53 Å². The molecule has 1 aromatic heterocycles. The number of benzene rings is 1. The number of hydrogen-bond donors (Lipinski definition) is 1. The Kier molecular flexibility index (Phi) is 7.31. The van der Waals surface area contributed by atoms with Gasteiger partial charge in [-0.3, -0.25) is 4.79 Å². The van der Waals surface area contributed by atoms with Crippen LogP contribution in [0.25, 0.3) is 0 Å². The van der Waals surface area contributed by atoms with E-state index < -0.39 is 0 Å². The number of para-hydroxylation sites is 1. The van der Waals surface area contributed by atoms with Gasteiger partial charge in [0.1, 0.15) is 17.2 Å². The Balaban J connectivity index is 1.44. The van der Waals surface area contributed by atoms with Gasteiger partial charge in [-0.2, -0.15) is 5.26 Å². The van der Waals surface area contributed by atoms with E-state index in [1.807, 2.05) is 50.2 Å². The first-order chi connectivity index (χ1) is 14.5. The molecule has 156 valence electrons. The van der Waals surface area contributed by atoms with Gasteiger partial charge in [-0.25, -0.2) is 9.78 Å². The Morgan fingerprint density at radius 1 is 1.27 bits per heavy atom. The van der Waals surface area contributed by atoms with Gasteiger partial charge in [0.25, 0.3) is 0 Å². The maximum atomic E-state index is 12.3. The maximum Gasteiger partial charge on any atom is 0.321 e. The normalized spacial score (nSPS) is 14.1. The van der Waals surface area contributed by atoms with Gasteiger partial charge in [-0.05, 0) is 37.6 Å². The van der Waals surface area contributed by atoms with Crippen LogP contribution in [0.1, 0.15) is 29.7 Å². The quantitative estimate of drug-likeness (QED) is 0.578. The number of thioether (sulfide) groups is 1. The van der Waals surface area contributed by atoms with Crippen LogP contribution < -0.4 is 5.32 Å². The van der Waals surface area contributed by atoms with E-state index in [0.717, 1.165) is 16.9 Å². The number of carbonyl (C=O) groups is 2. The molecule has 8 heteroatoms. The van der Waals surface area contributed by atoms with Gasteiger partial charge >= 0.3 is 12.0 Å². The summed E-state index contributed by atoms with van der Waals surface area (Å²) in [5.74, 6) is -0.240. The molecule has 0 unspecified atom stereocenters. The number of nitriles is 1. The summed E-state index contributed by atoms with van der Waals surface area (Å²) in [5, 5.41) is 12.7. The Morgan fingerprint density at radius 3 is 2.63 bits per heavy atom. The number of aryl methyl sites for hydroxylation is 2. The van der Waals surface area contributed by atoms with Crippen molar-refractivity contribution < 1.29 is 14.3 Å². The Bertz CT molecular complexity index is 951. The van der Waals surface area contributed by atoms with Crippen LogP contribution in [0.5, 0.6) is 0 Å². The molecule has 7 nitrogen and oxygen atoms in total. The van der Waals surface area contributed by atoms with E-state index in [2.05, 4.69) is 16.4 Å². The van der Waals surface area contributed by atoms with Crippen molar-refractivity contribution in [1.29, 1.82) is 5.26 Å². The molecule has 0 radical (unpaired) electrons. The van der Waals surface area contributed by atoms with Crippen LogP contribution >= 0.6 is 11.8 Å². The molecule has 30 heavy (non-hydrogen) atoms. The summed E-state index contributed by atoms with van der Waals surface area (Å²) >= 11 is 1.22. The number of anilines is 1. The van der Waals surface area contributed by atoms with Crippen LogP contribution in [0.4, 0.5) is 10.5 Å². The van der Waals surface area contributed by atoms with Gasteiger partial charge in [-0.15, -0.1) is 0 Å². The van der Waals surface area contributed by atoms with Crippen molar-refractivity contribution in [2.45, 2.75) is 37.8 Å². The fourth-order valence-corrected chi connectivity index (χ4v) is 4.17. The van der Waals surface area contributed by atoms with Crippen molar-refractivity contribution in [2.75, 3.05) is 24.2 Å². The number of hydrogen-bond acceptors (Lipinski definition) is 6. The molecule has 3 rings (SSSR count). The number of urea groups is 1. The van der Waals surface area contributed by atoms with Crippen molar-refractivity contribution in [1.82, 2.24) is 9.88 Å². The summed E-state index contributed by atoms with van der Waals surface area (Å²) in [6, 6.07) is 13.2. The predicted octanol–water partition coefficient (Wildman–Crippen LogP) is 3.90. The lowest BCUT2D eigenvalue weighted by Gasteiger charge is -2.31. The monoisotopic (exact) mass is 424 g/mol. The molecule has 0 spiro atoms. The number of nitrogens with zero attached hydrogens (tertiary/aromatic N) is 3. The minimum Gasteiger partial charge on any atom is -0.462 e. The molecule has 1 fully saturated rings. The van der Waals surface area contributed by atoms with E-state index in [9.17, 15) is 14.9 Å². The summed E-state index contributed by atoms with van der Waals surface area (Å²) < 4.78 is 5.56. The second kappa shape index (κ2) is 10.1. The predicted molar refractivity (Wildman–Crippen MR) is 115 cm³/mol. The van der Waals surface area contributed by atoms with Gasteiger partial charge in [0, 0.05) is 37.3 Å². The molecule has 0 bridgehead atoms. The Labute approximate surface area is 180 Å². The minimum absolute atomic E-state index is 0.0965. The lowest BCUT2D eigenvalue weighted by molar-refractivity contribution is -0.147. The molecule has 0 aliphatic carbocycles. The molecular formula is C22H24N4O3S. The average Bonchev–Trinajstić information content (AvgIpc) is 2.73. The number of esters is 1. The van der Waals surface area contributed by atoms with Gasteiger partial charge in [0.15, 0.2) is 0 Å². The van der Waals surface area contributed by atoms with Gasteiger partial charge in [0.05, 0.1) is 11.3 Å². The number of likely N-dealkylation sites (tertiary alicyclic amines) is 1. The van der Waals surface area contributed by atoms with Crippen molar-refractivity contribution in [3.63, 3.8) is 0 Å². The van der Waals surface area contributed by atoms with Crippen molar-refractivity contribution >= 4 is 29.4 Å². The molecule has 1 saturated heterocycles. The summed E-state index contributed by atoms with van der Waals surface area (Å²) in [5.41, 5.74) is 2.91. The van der Waals surface area contributed by atoms with E-state index in [4.69, 9.17) is 4.74 Å². The average molecular weight is 425 g/mol. The fourth-order valence-electron chi connectivity index (χ4n) is 3.29. The maximum absolute atomic E-state index is 12.3. The van der Waals surface area contributed by atoms with Crippen molar-refractivity contribution in [2.24, 2.45) is 0 Å². The molecule has 1 aliphatic heterocycles. The lowest BCUT2D eigenvalue weighted by atomic mass is 10.1. The second-order valence-electron chi connectivity index (χ2n) is 7.13. The summed E-state index contributed by atoms with van der Waals surface area (Å²) in [4.78, 5) is 30.7. The third-order valence-corrected chi connectivity index (χ3v) is 5.75. The number of nitrogens with one attached hydrogen (secondary N) is 1. The zero-order chi connectivity index (χ0) is 21.5. The third-order valence-electron chi connectivity index (χ3n) is 4.80. The SMILES string of the molecule is Cc1cc(C)c(C#N)c(SCC(=O)OC2CCN(C(=O)Nc3ccccc3)CC2)n1. The molecule has 1 aromatic carbocycles. The number of pyridine rings is 1. The molecule has 2 aromatic rings. The van der Waals surface area contributed by atoms with E-state index >= 15 is 0 Å². The molecular weight excluding hydrogens is 400 g/mol. The largest absolute Gasteiger partial charge is 0.462 e. The van der Waals surface area contributed by atoms with E-state index in [1.54, 1.807) is 4.90 Å². The second-order valence-corrected chi connectivity index (χ2v) is 8.10. The zero-order valence-electron chi connectivity index (χ0n) is 17.1. The lowest BCUT2D eigenvalue weighted by Crippen LogP contribution is -2.43. The first-order valence-electron chi connectivity index (χ1n) is 9.78. The number of ether oxygens (including phenoxy) is 1. The van der Waals surface area contributed by atoms with Crippen LogP contribution in [0, 0.1) is 25.2 Å². The molecule has 0 saturated carbocycles. The highest BCUT2D eigenvalue weighted by atomic mass is 32.2. The summed E-state index contributed by atoms with van der Waals surface area (Å²) in [7, 11) is 0. The smallest absolute Gasteiger partial charge is 0.321 e. The van der Waals surface area contributed by atoms with E-state index in [1.165, 1.54) is 11.8 Å². The van der Waals surface area contributed by atoms with Gasteiger partial charge < -0.3 is 15.0 Å². The molecule has 2 amide bonds. The molecule has 1 N–H and O–H groups in total. The highest BCUT2D eigenvalue weighted by molar-refractivity contribution is 7.99. The van der Waals surface area contributed by atoms with Crippen LogP contribution in [0.2, 0.25) is 0 Å². The standard InChI is InChI=1S/C22H24N4O3S/c1-15-12-16(2)24-21(19(15)13-23)30-14-20(27)29-18-8-10-26(11-9-18)22(28)25-17-6-4-3-5-7-17/h3-7,12,18H,8-11,14H2,1-2H3,(H,25,28). The number of amides is 2. The molecule has 2 heterocycles. The number of carbonyl (C=O) groups excluding carboxylic acids is 2. The van der Waals surface area contributed by atoms with Gasteiger partial charge in [0.2, 0.25) is 0 Å². The van der Waals surface area contributed by atoms with E-state index in [0.29, 0.717) is 36.5 Å². The molecule has 0 atom stereocenters. The number of piperidine rings is 1. The Hall–Kier alpha value is -3.05.